The first-order chi connectivity index (χ1) is 14.0. The number of hydrogen-bond acceptors (Lipinski definition) is 8. The average Bonchev–Trinajstić information content (AvgIpc) is 2.67. The molecular formula is C16H26N4O9S. The van der Waals surface area contributed by atoms with E-state index in [-0.39, 0.29) is 30.8 Å². The molecule has 3 atom stereocenters. The predicted molar refractivity (Wildman–Crippen MR) is 105 cm³/mol. The van der Waals surface area contributed by atoms with Crippen molar-refractivity contribution in [2.45, 2.75) is 44.3 Å². The number of carbonyl (C=O) groups excluding carboxylic acids is 3. The minimum absolute atomic E-state index is 0.0865. The van der Waals surface area contributed by atoms with Crippen LogP contribution in [0.5, 0.6) is 0 Å². The van der Waals surface area contributed by atoms with Crippen molar-refractivity contribution in [1.29, 1.82) is 0 Å². The Morgan fingerprint density at radius 3 is 1.97 bits per heavy atom. The molecule has 0 saturated heterocycles. The molecule has 0 aliphatic carbocycles. The van der Waals surface area contributed by atoms with Crippen LogP contribution >= 0.6 is 11.8 Å². The smallest absolute Gasteiger partial charge is 0.327 e. The summed E-state index contributed by atoms with van der Waals surface area (Å²) in [5, 5.41) is 33.3. The van der Waals surface area contributed by atoms with Gasteiger partial charge in [-0.3, -0.25) is 24.0 Å². The first-order valence-electron chi connectivity index (χ1n) is 8.85. The minimum Gasteiger partial charge on any atom is -0.480 e. The van der Waals surface area contributed by atoms with E-state index >= 15 is 0 Å². The summed E-state index contributed by atoms with van der Waals surface area (Å²) in [6, 6.07) is -3.68. The SMILES string of the molecule is CCC(=O)NC(CSC[C@H](NC(=O)CC[C@H](N)C(=O)O)C(=O)NCC(=O)O)C(=O)O. The van der Waals surface area contributed by atoms with Crippen molar-refractivity contribution in [3.8, 4) is 0 Å². The van der Waals surface area contributed by atoms with E-state index in [1.54, 1.807) is 6.92 Å². The van der Waals surface area contributed by atoms with Crippen LogP contribution < -0.4 is 21.7 Å². The number of nitrogens with one attached hydrogen (secondary N) is 3. The highest BCUT2D eigenvalue weighted by atomic mass is 32.2. The highest BCUT2D eigenvalue weighted by Crippen LogP contribution is 2.08. The summed E-state index contributed by atoms with van der Waals surface area (Å²) < 4.78 is 0. The summed E-state index contributed by atoms with van der Waals surface area (Å²) in [4.78, 5) is 68.1. The van der Waals surface area contributed by atoms with E-state index in [1.807, 2.05) is 0 Å². The second-order valence-electron chi connectivity index (χ2n) is 6.06. The Kier molecular flexibility index (Phi) is 12.8. The molecule has 0 spiro atoms. The van der Waals surface area contributed by atoms with Crippen LogP contribution in [0.2, 0.25) is 0 Å². The number of nitrogens with two attached hydrogens (primary N) is 1. The largest absolute Gasteiger partial charge is 0.480 e. The molecule has 3 amide bonds. The van der Waals surface area contributed by atoms with E-state index in [4.69, 9.17) is 21.1 Å². The number of hydrogen-bond donors (Lipinski definition) is 7. The van der Waals surface area contributed by atoms with Gasteiger partial charge in [0, 0.05) is 24.3 Å². The first-order valence-corrected chi connectivity index (χ1v) is 10.0. The Balaban J connectivity index is 4.90. The van der Waals surface area contributed by atoms with E-state index in [0.717, 1.165) is 11.8 Å². The molecule has 0 radical (unpaired) electrons. The van der Waals surface area contributed by atoms with E-state index in [1.165, 1.54) is 0 Å². The van der Waals surface area contributed by atoms with Crippen molar-refractivity contribution in [2.24, 2.45) is 5.73 Å². The van der Waals surface area contributed by atoms with Crippen LogP contribution in [-0.4, -0.2) is 87.1 Å². The van der Waals surface area contributed by atoms with Crippen LogP contribution in [0.25, 0.3) is 0 Å². The molecule has 0 aromatic carbocycles. The monoisotopic (exact) mass is 450 g/mol. The van der Waals surface area contributed by atoms with Crippen molar-refractivity contribution < 1.29 is 44.1 Å². The van der Waals surface area contributed by atoms with Crippen LogP contribution in [0.4, 0.5) is 0 Å². The lowest BCUT2D eigenvalue weighted by Gasteiger charge is -2.19. The van der Waals surface area contributed by atoms with Gasteiger partial charge in [-0.15, -0.1) is 0 Å². The average molecular weight is 450 g/mol. The Hall–Kier alpha value is -2.87. The standard InChI is InChI=1S/C16H26N4O9S/c1-2-11(21)20-10(16(28)29)7-30-6-9(14(25)18-5-13(23)24)19-12(22)4-3-8(17)15(26)27/h8-10H,2-7,17H2,1H3,(H,18,25)(H,19,22)(H,20,21)(H,23,24)(H,26,27)(H,28,29)/t8-,9-,10?/m0/s1. The van der Waals surface area contributed by atoms with Gasteiger partial charge in [0.2, 0.25) is 17.7 Å². The molecule has 14 heteroatoms. The molecule has 13 nitrogen and oxygen atoms in total. The molecule has 8 N–H and O–H groups in total. The lowest BCUT2D eigenvalue weighted by molar-refractivity contribution is -0.141. The van der Waals surface area contributed by atoms with Gasteiger partial charge in [0.25, 0.3) is 0 Å². The molecule has 0 aromatic heterocycles. The molecule has 0 saturated carbocycles. The van der Waals surface area contributed by atoms with Gasteiger partial charge in [0.05, 0.1) is 0 Å². The fraction of sp³-hybridized carbons (Fsp3) is 0.625. The second-order valence-corrected chi connectivity index (χ2v) is 7.14. The van der Waals surface area contributed by atoms with Crippen molar-refractivity contribution in [3.05, 3.63) is 0 Å². The molecule has 0 fully saturated rings. The number of thioether (sulfide) groups is 1. The first kappa shape index (κ1) is 27.1. The zero-order chi connectivity index (χ0) is 23.3. The van der Waals surface area contributed by atoms with Gasteiger partial charge in [-0.05, 0) is 6.42 Å². The molecule has 0 aliphatic heterocycles. The Labute approximate surface area is 176 Å². The maximum Gasteiger partial charge on any atom is 0.327 e. The van der Waals surface area contributed by atoms with Gasteiger partial charge in [-0.2, -0.15) is 11.8 Å². The quantitative estimate of drug-likeness (QED) is 0.139. The number of rotatable bonds is 15. The normalized spacial score (nSPS) is 13.4. The summed E-state index contributed by atoms with van der Waals surface area (Å²) in [7, 11) is 0. The zero-order valence-electron chi connectivity index (χ0n) is 16.3. The third kappa shape index (κ3) is 11.9. The lowest BCUT2D eigenvalue weighted by Crippen LogP contribution is -2.50. The summed E-state index contributed by atoms with van der Waals surface area (Å²) >= 11 is 0.947. The molecular weight excluding hydrogens is 424 g/mol. The van der Waals surface area contributed by atoms with Gasteiger partial charge >= 0.3 is 17.9 Å². The Morgan fingerprint density at radius 1 is 0.900 bits per heavy atom. The summed E-state index contributed by atoms with van der Waals surface area (Å²) in [5.74, 6) is -6.06. The fourth-order valence-electron chi connectivity index (χ4n) is 1.92. The number of aliphatic carboxylic acids is 3. The van der Waals surface area contributed by atoms with Gasteiger partial charge in [-0.1, -0.05) is 6.92 Å². The molecule has 1 unspecified atom stereocenters. The predicted octanol–water partition coefficient (Wildman–Crippen LogP) is -2.42. The Morgan fingerprint density at radius 2 is 1.47 bits per heavy atom. The van der Waals surface area contributed by atoms with E-state index in [0.29, 0.717) is 0 Å². The third-order valence-corrected chi connectivity index (χ3v) is 4.73. The summed E-state index contributed by atoms with van der Waals surface area (Å²) in [6.45, 7) is 0.861. The number of carboxylic acids is 3. The molecule has 170 valence electrons. The lowest BCUT2D eigenvalue weighted by atomic mass is 10.1. The molecule has 0 aliphatic rings. The van der Waals surface area contributed by atoms with Crippen LogP contribution in [0.15, 0.2) is 0 Å². The van der Waals surface area contributed by atoms with E-state index in [2.05, 4.69) is 16.0 Å². The summed E-state index contributed by atoms with van der Waals surface area (Å²) in [5.41, 5.74) is 5.31. The molecule has 0 bridgehead atoms. The van der Waals surface area contributed by atoms with Crippen molar-refractivity contribution in [1.82, 2.24) is 16.0 Å². The van der Waals surface area contributed by atoms with Crippen LogP contribution in [0, 0.1) is 0 Å². The highest BCUT2D eigenvalue weighted by molar-refractivity contribution is 7.99. The van der Waals surface area contributed by atoms with Crippen LogP contribution in [-0.2, 0) is 28.8 Å². The van der Waals surface area contributed by atoms with Crippen LogP contribution in [0.1, 0.15) is 26.2 Å². The molecule has 0 aromatic rings. The maximum absolute atomic E-state index is 12.2. The zero-order valence-corrected chi connectivity index (χ0v) is 17.1. The van der Waals surface area contributed by atoms with E-state index < -0.39 is 60.3 Å². The number of amides is 3. The summed E-state index contributed by atoms with van der Waals surface area (Å²) in [6.07, 6.45) is -0.379. The van der Waals surface area contributed by atoms with Gasteiger partial charge in [-0.25, -0.2) is 4.79 Å². The van der Waals surface area contributed by atoms with Gasteiger partial charge in [0.1, 0.15) is 24.7 Å². The van der Waals surface area contributed by atoms with Gasteiger partial charge < -0.3 is 37.0 Å². The minimum atomic E-state index is -1.30. The molecule has 30 heavy (non-hydrogen) atoms. The second kappa shape index (κ2) is 14.2. The van der Waals surface area contributed by atoms with Gasteiger partial charge in [0.15, 0.2) is 0 Å². The van der Waals surface area contributed by atoms with E-state index in [9.17, 15) is 28.8 Å². The molecule has 0 rings (SSSR count). The fourth-order valence-corrected chi connectivity index (χ4v) is 2.99. The highest BCUT2D eigenvalue weighted by Gasteiger charge is 2.25. The van der Waals surface area contributed by atoms with Crippen molar-refractivity contribution >= 4 is 47.4 Å². The Bertz CT molecular complexity index is 659. The topological polar surface area (TPSA) is 225 Å². The number of carbonyl (C=O) groups is 6. The van der Waals surface area contributed by atoms with Crippen LogP contribution in [0.3, 0.4) is 0 Å². The third-order valence-electron chi connectivity index (χ3n) is 3.59. The van der Waals surface area contributed by atoms with Crippen molar-refractivity contribution in [3.63, 3.8) is 0 Å². The maximum atomic E-state index is 12.2. The van der Waals surface area contributed by atoms with Crippen molar-refractivity contribution in [2.75, 3.05) is 18.1 Å². The number of carboxylic acid groups (broad SMARTS) is 3. The molecule has 0 heterocycles.